The Hall–Kier alpha value is -0.960. The normalized spacial score (nSPS) is 22.4. The van der Waals surface area contributed by atoms with Gasteiger partial charge in [-0.05, 0) is 51.8 Å². The van der Waals surface area contributed by atoms with Gasteiger partial charge in [-0.1, -0.05) is 6.42 Å². The third-order valence-electron chi connectivity index (χ3n) is 4.12. The summed E-state index contributed by atoms with van der Waals surface area (Å²) in [4.78, 5) is 9.50. The Morgan fingerprint density at radius 3 is 2.47 bits per heavy atom. The van der Waals surface area contributed by atoms with Gasteiger partial charge in [0.1, 0.15) is 5.82 Å². The molecule has 2 aliphatic rings. The summed E-state index contributed by atoms with van der Waals surface area (Å²) in [6.45, 7) is 4.33. The molecule has 0 aromatic carbocycles. The Balaban J connectivity index is 1.84. The maximum atomic E-state index is 4.84. The largest absolute Gasteiger partial charge is 0.317 e. The van der Waals surface area contributed by atoms with Crippen molar-refractivity contribution in [3.05, 3.63) is 23.3 Å². The van der Waals surface area contributed by atoms with Crippen molar-refractivity contribution in [1.82, 2.24) is 15.3 Å². The lowest BCUT2D eigenvalue weighted by Gasteiger charge is -2.27. The smallest absolute Gasteiger partial charge is 0.132 e. The van der Waals surface area contributed by atoms with E-state index >= 15 is 0 Å². The van der Waals surface area contributed by atoms with Gasteiger partial charge < -0.3 is 5.32 Å². The van der Waals surface area contributed by atoms with Crippen molar-refractivity contribution in [2.24, 2.45) is 0 Å². The Morgan fingerprint density at radius 1 is 1.06 bits per heavy atom. The predicted molar refractivity (Wildman–Crippen MR) is 68.2 cm³/mol. The molecule has 1 aromatic rings. The summed E-state index contributed by atoms with van der Waals surface area (Å²) >= 11 is 0. The molecule has 0 radical (unpaired) electrons. The van der Waals surface area contributed by atoms with E-state index in [1.807, 2.05) is 0 Å². The second kappa shape index (κ2) is 4.73. The van der Waals surface area contributed by atoms with Crippen LogP contribution in [0.15, 0.2) is 6.07 Å². The molecule has 0 spiro atoms. The molecule has 1 aromatic heterocycles. The van der Waals surface area contributed by atoms with Gasteiger partial charge in [0.15, 0.2) is 0 Å². The molecule has 0 atom stereocenters. The fourth-order valence-electron chi connectivity index (χ4n) is 2.79. The van der Waals surface area contributed by atoms with E-state index in [2.05, 4.69) is 23.3 Å². The van der Waals surface area contributed by atoms with Crippen LogP contribution < -0.4 is 5.32 Å². The van der Waals surface area contributed by atoms with Crippen molar-refractivity contribution in [2.45, 2.75) is 50.9 Å². The zero-order valence-electron chi connectivity index (χ0n) is 10.6. The molecular formula is C14H21N3. The van der Waals surface area contributed by atoms with Gasteiger partial charge in [0, 0.05) is 23.2 Å². The van der Waals surface area contributed by atoms with Crippen molar-refractivity contribution in [1.29, 1.82) is 0 Å². The lowest BCUT2D eigenvalue weighted by Crippen LogP contribution is -2.28. The lowest BCUT2D eigenvalue weighted by atomic mass is 9.82. The summed E-state index contributed by atoms with van der Waals surface area (Å²) in [6.07, 6.45) is 6.39. The van der Waals surface area contributed by atoms with Gasteiger partial charge in [-0.2, -0.15) is 0 Å². The first-order valence-corrected chi connectivity index (χ1v) is 6.89. The van der Waals surface area contributed by atoms with Gasteiger partial charge in [-0.25, -0.2) is 9.97 Å². The number of hydrogen-bond acceptors (Lipinski definition) is 3. The van der Waals surface area contributed by atoms with E-state index < -0.39 is 0 Å². The number of nitrogens with one attached hydrogen (secondary N) is 1. The zero-order chi connectivity index (χ0) is 11.7. The van der Waals surface area contributed by atoms with Crippen molar-refractivity contribution in [2.75, 3.05) is 13.1 Å². The number of piperidine rings is 1. The Labute approximate surface area is 103 Å². The zero-order valence-corrected chi connectivity index (χ0v) is 10.6. The van der Waals surface area contributed by atoms with Gasteiger partial charge >= 0.3 is 0 Å². The van der Waals surface area contributed by atoms with Crippen LogP contribution in [-0.4, -0.2) is 23.1 Å². The van der Waals surface area contributed by atoms with Gasteiger partial charge in [-0.15, -0.1) is 0 Å². The number of aromatic nitrogens is 2. The Bertz CT molecular complexity index is 392. The Morgan fingerprint density at radius 2 is 1.82 bits per heavy atom. The maximum absolute atomic E-state index is 4.84. The van der Waals surface area contributed by atoms with Crippen molar-refractivity contribution < 1.29 is 0 Å². The molecule has 3 nitrogen and oxygen atoms in total. The van der Waals surface area contributed by atoms with E-state index in [1.54, 1.807) is 0 Å². The third kappa shape index (κ3) is 2.34. The molecular weight excluding hydrogens is 210 g/mol. The maximum Gasteiger partial charge on any atom is 0.132 e. The summed E-state index contributed by atoms with van der Waals surface area (Å²) < 4.78 is 0. The molecule has 3 rings (SSSR count). The van der Waals surface area contributed by atoms with Crippen molar-refractivity contribution in [3.63, 3.8) is 0 Å². The molecule has 1 saturated carbocycles. The van der Waals surface area contributed by atoms with E-state index in [1.165, 1.54) is 37.8 Å². The summed E-state index contributed by atoms with van der Waals surface area (Å²) in [7, 11) is 0. The minimum absolute atomic E-state index is 0.579. The molecule has 0 bridgehead atoms. The molecule has 2 heterocycles. The standard InChI is InChI=1S/C14H21N3/c1-10-9-13(11-3-2-4-11)17-14(16-10)12-5-7-15-8-6-12/h9,11-12,15H,2-8H2,1H3. The fraction of sp³-hybridized carbons (Fsp3) is 0.714. The van der Waals surface area contributed by atoms with Crippen LogP contribution in [-0.2, 0) is 0 Å². The second-order valence-electron chi connectivity index (χ2n) is 5.44. The van der Waals surface area contributed by atoms with E-state index in [0.717, 1.165) is 30.5 Å². The topological polar surface area (TPSA) is 37.8 Å². The fourth-order valence-corrected chi connectivity index (χ4v) is 2.79. The Kier molecular flexibility index (Phi) is 3.10. The lowest BCUT2D eigenvalue weighted by molar-refractivity contribution is 0.402. The molecule has 3 heteroatoms. The summed E-state index contributed by atoms with van der Waals surface area (Å²) in [5, 5.41) is 3.40. The van der Waals surface area contributed by atoms with Gasteiger partial charge in [0.25, 0.3) is 0 Å². The highest BCUT2D eigenvalue weighted by molar-refractivity contribution is 5.18. The highest BCUT2D eigenvalue weighted by Crippen LogP contribution is 2.36. The van der Waals surface area contributed by atoms with E-state index in [0.29, 0.717) is 5.92 Å². The second-order valence-corrected chi connectivity index (χ2v) is 5.44. The first-order chi connectivity index (χ1) is 8.33. The van der Waals surface area contributed by atoms with E-state index in [-0.39, 0.29) is 0 Å². The van der Waals surface area contributed by atoms with E-state index in [4.69, 9.17) is 4.98 Å². The summed E-state index contributed by atoms with van der Waals surface area (Å²) in [5.74, 6) is 2.40. The van der Waals surface area contributed by atoms with Crippen LogP contribution in [0.4, 0.5) is 0 Å². The average molecular weight is 231 g/mol. The van der Waals surface area contributed by atoms with Gasteiger partial charge in [0.05, 0.1) is 0 Å². The third-order valence-corrected chi connectivity index (χ3v) is 4.12. The first-order valence-electron chi connectivity index (χ1n) is 6.89. The quantitative estimate of drug-likeness (QED) is 0.850. The van der Waals surface area contributed by atoms with Gasteiger partial charge in [0.2, 0.25) is 0 Å². The van der Waals surface area contributed by atoms with Crippen molar-refractivity contribution >= 4 is 0 Å². The van der Waals surface area contributed by atoms with E-state index in [9.17, 15) is 0 Å². The molecule has 1 saturated heterocycles. The molecule has 17 heavy (non-hydrogen) atoms. The summed E-state index contributed by atoms with van der Waals surface area (Å²) in [6, 6.07) is 2.19. The van der Waals surface area contributed by atoms with Crippen molar-refractivity contribution in [3.8, 4) is 0 Å². The van der Waals surface area contributed by atoms with Crippen LogP contribution in [0, 0.1) is 6.92 Å². The van der Waals surface area contributed by atoms with Crippen LogP contribution in [0.25, 0.3) is 0 Å². The van der Waals surface area contributed by atoms with Crippen LogP contribution in [0.3, 0.4) is 0 Å². The minimum atomic E-state index is 0.579. The SMILES string of the molecule is Cc1cc(C2CCC2)nc(C2CCNCC2)n1. The van der Waals surface area contributed by atoms with Crippen LogP contribution >= 0.6 is 0 Å². The molecule has 0 amide bonds. The monoisotopic (exact) mass is 231 g/mol. The van der Waals surface area contributed by atoms with Crippen LogP contribution in [0.1, 0.15) is 61.2 Å². The molecule has 1 N–H and O–H groups in total. The highest BCUT2D eigenvalue weighted by atomic mass is 14.9. The highest BCUT2D eigenvalue weighted by Gasteiger charge is 2.24. The van der Waals surface area contributed by atoms with Crippen LogP contribution in [0.2, 0.25) is 0 Å². The minimum Gasteiger partial charge on any atom is -0.317 e. The molecule has 92 valence electrons. The molecule has 2 fully saturated rings. The number of hydrogen-bond donors (Lipinski definition) is 1. The van der Waals surface area contributed by atoms with Crippen LogP contribution in [0.5, 0.6) is 0 Å². The number of rotatable bonds is 2. The molecule has 1 aliphatic carbocycles. The molecule has 1 aliphatic heterocycles. The number of nitrogens with zero attached hydrogens (tertiary/aromatic N) is 2. The predicted octanol–water partition coefficient (Wildman–Crippen LogP) is 2.52. The number of aryl methyl sites for hydroxylation is 1. The summed E-state index contributed by atoms with van der Waals surface area (Å²) in [5.41, 5.74) is 2.45. The average Bonchev–Trinajstić information content (AvgIpc) is 2.27. The molecule has 0 unspecified atom stereocenters. The van der Waals surface area contributed by atoms with Gasteiger partial charge in [-0.3, -0.25) is 0 Å². The first kappa shape index (κ1) is 11.1.